The minimum absolute atomic E-state index is 0.0614. The Hall–Kier alpha value is -2.72. The summed E-state index contributed by atoms with van der Waals surface area (Å²) in [6, 6.07) is 7.09. The minimum Gasteiger partial charge on any atom is -0.377 e. The van der Waals surface area contributed by atoms with Gasteiger partial charge in [-0.25, -0.2) is 23.2 Å². The van der Waals surface area contributed by atoms with Crippen molar-refractivity contribution in [2.45, 2.75) is 50.7 Å². The molecule has 2 N–H and O–H groups in total. The lowest BCUT2D eigenvalue weighted by Crippen LogP contribution is -2.46. The van der Waals surface area contributed by atoms with E-state index < -0.39 is 14.6 Å². The molecule has 178 valence electrons. The van der Waals surface area contributed by atoms with Crippen LogP contribution in [0, 0.1) is 0 Å². The Labute approximate surface area is 194 Å². The predicted octanol–water partition coefficient (Wildman–Crippen LogP) is 3.06. The molecule has 0 saturated carbocycles. The van der Waals surface area contributed by atoms with Gasteiger partial charge in [-0.3, -0.25) is 0 Å². The van der Waals surface area contributed by atoms with E-state index >= 15 is 0 Å². The summed E-state index contributed by atoms with van der Waals surface area (Å²) in [5.74, 6) is 1.09. The van der Waals surface area contributed by atoms with Gasteiger partial charge in [-0.05, 0) is 51.5 Å². The first-order chi connectivity index (χ1) is 15.7. The fourth-order valence-corrected chi connectivity index (χ4v) is 5.77. The van der Waals surface area contributed by atoms with Gasteiger partial charge in [-0.15, -0.1) is 0 Å². The molecule has 1 aromatic carbocycles. The van der Waals surface area contributed by atoms with Crippen molar-refractivity contribution in [2.75, 3.05) is 36.5 Å². The van der Waals surface area contributed by atoms with E-state index in [4.69, 9.17) is 14.7 Å². The third kappa shape index (κ3) is 4.29. The van der Waals surface area contributed by atoms with Crippen molar-refractivity contribution in [2.24, 2.45) is 0 Å². The van der Waals surface area contributed by atoms with E-state index in [0.717, 1.165) is 12.0 Å². The fraction of sp³-hybridized carbons (Fsp3) is 0.522. The van der Waals surface area contributed by atoms with Gasteiger partial charge in [0.15, 0.2) is 15.7 Å². The molecule has 2 aliphatic heterocycles. The van der Waals surface area contributed by atoms with Gasteiger partial charge >= 0.3 is 6.03 Å². The number of hydrogen-bond donors (Lipinski definition) is 2. The van der Waals surface area contributed by atoms with Crippen LogP contribution in [0.2, 0.25) is 0 Å². The molecular formula is C23H31N5O4S. The molecule has 3 heterocycles. The number of fused-ring (bicyclic) bond motifs is 1. The van der Waals surface area contributed by atoms with E-state index in [1.54, 1.807) is 26.0 Å². The molecule has 2 amide bonds. The van der Waals surface area contributed by atoms with Crippen molar-refractivity contribution in [3.8, 4) is 11.4 Å². The first kappa shape index (κ1) is 23.4. The predicted molar refractivity (Wildman–Crippen MR) is 128 cm³/mol. The molecule has 0 spiro atoms. The first-order valence-electron chi connectivity index (χ1n) is 11.3. The summed E-state index contributed by atoms with van der Waals surface area (Å²) < 4.78 is 30.6. The molecule has 1 atom stereocenters. The van der Waals surface area contributed by atoms with Crippen molar-refractivity contribution >= 4 is 27.4 Å². The number of morpholine rings is 1. The lowest BCUT2D eigenvalue weighted by Gasteiger charge is -2.37. The van der Waals surface area contributed by atoms with Crippen LogP contribution in [0.15, 0.2) is 24.3 Å². The maximum absolute atomic E-state index is 13.0. The van der Waals surface area contributed by atoms with Crippen LogP contribution in [-0.4, -0.2) is 56.8 Å². The Morgan fingerprint density at radius 2 is 1.94 bits per heavy atom. The third-order valence-corrected chi connectivity index (χ3v) is 8.79. The van der Waals surface area contributed by atoms with E-state index in [-0.39, 0.29) is 17.8 Å². The molecule has 33 heavy (non-hydrogen) atoms. The van der Waals surface area contributed by atoms with E-state index in [1.807, 2.05) is 19.1 Å². The molecule has 1 fully saturated rings. The van der Waals surface area contributed by atoms with E-state index in [2.05, 4.69) is 22.5 Å². The Balaban J connectivity index is 1.78. The van der Waals surface area contributed by atoms with Crippen LogP contribution < -0.4 is 15.5 Å². The van der Waals surface area contributed by atoms with Gasteiger partial charge in [-0.2, -0.15) is 0 Å². The molecule has 2 aliphatic rings. The fourth-order valence-electron chi connectivity index (χ4n) is 4.30. The van der Waals surface area contributed by atoms with Crippen molar-refractivity contribution < 1.29 is 17.9 Å². The molecule has 0 aliphatic carbocycles. The Kier molecular flexibility index (Phi) is 6.32. The average Bonchev–Trinajstić information content (AvgIpc) is 2.97. The van der Waals surface area contributed by atoms with Gasteiger partial charge in [-0.1, -0.05) is 6.92 Å². The number of rotatable bonds is 5. The number of urea groups is 1. The normalized spacial score (nSPS) is 20.8. The molecule has 10 heteroatoms. The standard InChI is InChI=1S/C23H31N5O4S/c1-5-17-13-32-12-11-28(17)21-18-14-33(30,31)23(3,4)19(18)26-20(27-21)15-7-9-16(10-8-15)25-22(29)24-6-2/h7-10,17H,5-6,11-14H2,1-4H3,(H2,24,25,29). The number of carbonyl (C=O) groups excluding carboxylic acids is 1. The van der Waals surface area contributed by atoms with Crippen LogP contribution in [0.1, 0.15) is 45.4 Å². The zero-order valence-electron chi connectivity index (χ0n) is 19.5. The second kappa shape index (κ2) is 8.90. The first-order valence-corrected chi connectivity index (χ1v) is 13.0. The molecule has 4 rings (SSSR count). The van der Waals surface area contributed by atoms with Gasteiger partial charge in [0.25, 0.3) is 0 Å². The largest absolute Gasteiger partial charge is 0.377 e. The summed E-state index contributed by atoms with van der Waals surface area (Å²) in [7, 11) is -3.41. The van der Waals surface area contributed by atoms with Gasteiger partial charge in [0, 0.05) is 29.9 Å². The van der Waals surface area contributed by atoms with Crippen molar-refractivity contribution in [3.05, 3.63) is 35.5 Å². The zero-order valence-corrected chi connectivity index (χ0v) is 20.3. The topological polar surface area (TPSA) is 114 Å². The lowest BCUT2D eigenvalue weighted by atomic mass is 10.0. The van der Waals surface area contributed by atoms with Gasteiger partial charge in [0.05, 0.1) is 30.7 Å². The number of sulfone groups is 1. The second-order valence-electron chi connectivity index (χ2n) is 8.86. The van der Waals surface area contributed by atoms with Crippen LogP contribution in [0.4, 0.5) is 16.3 Å². The maximum Gasteiger partial charge on any atom is 0.319 e. The monoisotopic (exact) mass is 473 g/mol. The number of amides is 2. The summed E-state index contributed by atoms with van der Waals surface area (Å²) in [5.41, 5.74) is 2.65. The molecular weight excluding hydrogens is 442 g/mol. The van der Waals surface area contributed by atoms with Crippen LogP contribution in [0.5, 0.6) is 0 Å². The minimum atomic E-state index is -3.41. The number of nitrogens with zero attached hydrogens (tertiary/aromatic N) is 3. The number of nitrogens with one attached hydrogen (secondary N) is 2. The van der Waals surface area contributed by atoms with Crippen molar-refractivity contribution in [1.82, 2.24) is 15.3 Å². The molecule has 1 unspecified atom stereocenters. The average molecular weight is 474 g/mol. The Bertz CT molecular complexity index is 1150. The Morgan fingerprint density at radius 1 is 1.21 bits per heavy atom. The summed E-state index contributed by atoms with van der Waals surface area (Å²) >= 11 is 0. The van der Waals surface area contributed by atoms with Crippen LogP contribution in [0.25, 0.3) is 11.4 Å². The zero-order chi connectivity index (χ0) is 23.8. The highest BCUT2D eigenvalue weighted by Crippen LogP contribution is 2.45. The number of hydrogen-bond acceptors (Lipinski definition) is 7. The smallest absolute Gasteiger partial charge is 0.319 e. The lowest BCUT2D eigenvalue weighted by molar-refractivity contribution is 0.0925. The van der Waals surface area contributed by atoms with Gasteiger partial charge in [0.2, 0.25) is 0 Å². The van der Waals surface area contributed by atoms with Gasteiger partial charge in [0.1, 0.15) is 10.6 Å². The second-order valence-corrected chi connectivity index (χ2v) is 11.4. The summed E-state index contributed by atoms with van der Waals surface area (Å²) in [6.45, 7) is 9.71. The maximum atomic E-state index is 13.0. The van der Waals surface area contributed by atoms with Crippen LogP contribution in [-0.2, 0) is 25.1 Å². The summed E-state index contributed by atoms with van der Waals surface area (Å²) in [4.78, 5) is 23.6. The van der Waals surface area contributed by atoms with Crippen LogP contribution in [0.3, 0.4) is 0 Å². The molecule has 1 aromatic heterocycles. The van der Waals surface area contributed by atoms with E-state index in [1.165, 1.54) is 0 Å². The Morgan fingerprint density at radius 3 is 2.61 bits per heavy atom. The SMILES string of the molecule is CCNC(=O)Nc1ccc(-c2nc(N3CCOCC3CC)c3c(n2)C(C)(C)S(=O)(=O)C3)cc1. The quantitative estimate of drug-likeness (QED) is 0.686. The number of aromatic nitrogens is 2. The third-order valence-electron chi connectivity index (χ3n) is 6.38. The van der Waals surface area contributed by atoms with Crippen LogP contribution >= 0.6 is 0 Å². The van der Waals surface area contributed by atoms with Crippen molar-refractivity contribution in [3.63, 3.8) is 0 Å². The highest BCUT2D eigenvalue weighted by molar-refractivity contribution is 7.91. The summed E-state index contributed by atoms with van der Waals surface area (Å²) in [6.07, 6.45) is 0.866. The number of anilines is 2. The van der Waals surface area contributed by atoms with Crippen molar-refractivity contribution in [1.29, 1.82) is 0 Å². The molecule has 2 aromatic rings. The molecule has 0 bridgehead atoms. The van der Waals surface area contributed by atoms with E-state index in [0.29, 0.717) is 54.9 Å². The number of carbonyl (C=O) groups is 1. The molecule has 9 nitrogen and oxygen atoms in total. The highest BCUT2D eigenvalue weighted by Gasteiger charge is 2.48. The number of ether oxygens (including phenoxy) is 1. The number of benzene rings is 1. The van der Waals surface area contributed by atoms with E-state index in [9.17, 15) is 13.2 Å². The molecule has 1 saturated heterocycles. The van der Waals surface area contributed by atoms with Gasteiger partial charge < -0.3 is 20.3 Å². The summed E-state index contributed by atoms with van der Waals surface area (Å²) in [5, 5.41) is 5.46. The molecule has 0 radical (unpaired) electrons. The highest BCUT2D eigenvalue weighted by atomic mass is 32.2.